The van der Waals surface area contributed by atoms with Gasteiger partial charge in [0.2, 0.25) is 5.91 Å². The molecular weight excluding hydrogens is 541 g/mol. The Morgan fingerprint density at radius 3 is 2.39 bits per heavy atom. The number of sulfonamides is 1. The Balaban J connectivity index is 1.28. The standard InChI is InChI=1S/C26H22N6O3S3/c1-18-7-9-19(10-8-18)24-29-30-26(32(24)21-5-3-2-4-6-21)37-17-23(33)28-20-11-13-22(14-12-20)38(34,35)31-25-27-15-16-36-25/h2-16H,17H2,1H3,(H,27,31)(H,28,33). The van der Waals surface area contributed by atoms with Gasteiger partial charge in [0, 0.05) is 28.5 Å². The van der Waals surface area contributed by atoms with E-state index in [1.165, 1.54) is 41.4 Å². The van der Waals surface area contributed by atoms with E-state index in [2.05, 4.69) is 25.2 Å². The lowest BCUT2D eigenvalue weighted by Crippen LogP contribution is -2.15. The summed E-state index contributed by atoms with van der Waals surface area (Å²) >= 11 is 2.45. The lowest BCUT2D eigenvalue weighted by atomic mass is 10.1. The van der Waals surface area contributed by atoms with Crippen molar-refractivity contribution < 1.29 is 13.2 Å². The number of para-hydroxylation sites is 1. The Hall–Kier alpha value is -4.00. The number of hydrogen-bond acceptors (Lipinski definition) is 8. The molecule has 0 saturated carbocycles. The van der Waals surface area contributed by atoms with Gasteiger partial charge in [0.05, 0.1) is 10.6 Å². The Morgan fingerprint density at radius 2 is 1.71 bits per heavy atom. The molecule has 0 spiro atoms. The Morgan fingerprint density at radius 1 is 0.974 bits per heavy atom. The van der Waals surface area contributed by atoms with Crippen LogP contribution in [0, 0.1) is 6.92 Å². The van der Waals surface area contributed by atoms with E-state index in [0.29, 0.717) is 16.7 Å². The summed E-state index contributed by atoms with van der Waals surface area (Å²) in [6.45, 7) is 2.03. The van der Waals surface area contributed by atoms with Crippen molar-refractivity contribution in [3.63, 3.8) is 0 Å². The average molecular weight is 563 g/mol. The fraction of sp³-hybridized carbons (Fsp3) is 0.0769. The van der Waals surface area contributed by atoms with Crippen LogP contribution in [0.25, 0.3) is 17.1 Å². The molecule has 0 saturated heterocycles. The highest BCUT2D eigenvalue weighted by Gasteiger charge is 2.18. The molecule has 2 aromatic heterocycles. The first-order valence-electron chi connectivity index (χ1n) is 11.4. The van der Waals surface area contributed by atoms with E-state index in [9.17, 15) is 13.2 Å². The number of carbonyl (C=O) groups excluding carboxylic acids is 1. The van der Waals surface area contributed by atoms with Gasteiger partial charge in [-0.15, -0.1) is 21.5 Å². The van der Waals surface area contributed by atoms with Crippen molar-refractivity contribution in [2.75, 3.05) is 15.8 Å². The highest BCUT2D eigenvalue weighted by atomic mass is 32.2. The molecule has 0 fully saturated rings. The van der Waals surface area contributed by atoms with Crippen LogP contribution < -0.4 is 10.0 Å². The van der Waals surface area contributed by atoms with Gasteiger partial charge in [-0.25, -0.2) is 13.4 Å². The first kappa shape index (κ1) is 25.6. The highest BCUT2D eigenvalue weighted by Crippen LogP contribution is 2.28. The van der Waals surface area contributed by atoms with Gasteiger partial charge >= 0.3 is 0 Å². The van der Waals surface area contributed by atoms with Gasteiger partial charge in [0.15, 0.2) is 16.1 Å². The third-order valence-electron chi connectivity index (χ3n) is 5.39. The average Bonchev–Trinajstić information content (AvgIpc) is 3.58. The monoisotopic (exact) mass is 562 g/mol. The SMILES string of the molecule is Cc1ccc(-c2nnc(SCC(=O)Nc3ccc(S(=O)(=O)Nc4nccs4)cc3)n2-c2ccccc2)cc1. The molecule has 12 heteroatoms. The smallest absolute Gasteiger partial charge is 0.263 e. The van der Waals surface area contributed by atoms with E-state index in [-0.39, 0.29) is 21.7 Å². The van der Waals surface area contributed by atoms with Gasteiger partial charge < -0.3 is 5.32 Å². The summed E-state index contributed by atoms with van der Waals surface area (Å²) in [5.41, 5.74) is 3.43. The fourth-order valence-corrected chi connectivity index (χ4v) is 6.10. The number of benzene rings is 3. The molecule has 2 heterocycles. The van der Waals surface area contributed by atoms with E-state index < -0.39 is 10.0 Å². The zero-order valence-electron chi connectivity index (χ0n) is 20.1. The van der Waals surface area contributed by atoms with Crippen molar-refractivity contribution >= 4 is 49.8 Å². The molecule has 0 bridgehead atoms. The summed E-state index contributed by atoms with van der Waals surface area (Å²) in [6.07, 6.45) is 1.52. The van der Waals surface area contributed by atoms with Crippen LogP contribution in [-0.4, -0.2) is 39.8 Å². The van der Waals surface area contributed by atoms with Crippen molar-refractivity contribution in [3.8, 4) is 17.1 Å². The van der Waals surface area contributed by atoms with Crippen molar-refractivity contribution in [2.24, 2.45) is 0 Å². The quantitative estimate of drug-likeness (QED) is 0.236. The molecule has 0 atom stereocenters. The molecule has 0 unspecified atom stereocenters. The van der Waals surface area contributed by atoms with E-state index in [1.807, 2.05) is 66.1 Å². The molecule has 2 N–H and O–H groups in total. The summed E-state index contributed by atoms with van der Waals surface area (Å²) in [5, 5.41) is 14.1. The van der Waals surface area contributed by atoms with Crippen LogP contribution in [0.5, 0.6) is 0 Å². The van der Waals surface area contributed by atoms with Crippen LogP contribution in [-0.2, 0) is 14.8 Å². The topological polar surface area (TPSA) is 119 Å². The zero-order valence-corrected chi connectivity index (χ0v) is 22.6. The molecular formula is C26H22N6O3S3. The number of carbonyl (C=O) groups is 1. The molecule has 0 aliphatic heterocycles. The summed E-state index contributed by atoms with van der Waals surface area (Å²) in [5.74, 6) is 0.512. The third-order valence-corrected chi connectivity index (χ3v) is 8.49. The predicted octanol–water partition coefficient (Wildman–Crippen LogP) is 5.23. The molecule has 0 radical (unpaired) electrons. The summed E-state index contributed by atoms with van der Waals surface area (Å²) in [4.78, 5) is 16.7. The molecule has 0 aliphatic carbocycles. The van der Waals surface area contributed by atoms with Gasteiger partial charge in [-0.3, -0.25) is 14.1 Å². The van der Waals surface area contributed by atoms with Crippen molar-refractivity contribution in [1.82, 2.24) is 19.7 Å². The zero-order chi connectivity index (χ0) is 26.5. The minimum Gasteiger partial charge on any atom is -0.325 e. The van der Waals surface area contributed by atoms with Gasteiger partial charge in [-0.2, -0.15) is 0 Å². The molecule has 5 aromatic rings. The maximum atomic E-state index is 12.7. The van der Waals surface area contributed by atoms with Crippen molar-refractivity contribution in [3.05, 3.63) is 96.0 Å². The van der Waals surface area contributed by atoms with Crippen LogP contribution >= 0.6 is 23.1 Å². The number of thioether (sulfide) groups is 1. The molecule has 38 heavy (non-hydrogen) atoms. The molecule has 5 rings (SSSR count). The molecule has 9 nitrogen and oxygen atoms in total. The normalized spacial score (nSPS) is 11.3. The first-order chi connectivity index (χ1) is 18.4. The molecule has 192 valence electrons. The summed E-state index contributed by atoms with van der Waals surface area (Å²) in [7, 11) is -3.77. The second-order valence-electron chi connectivity index (χ2n) is 8.15. The molecule has 1 amide bonds. The summed E-state index contributed by atoms with van der Waals surface area (Å²) < 4.78 is 29.4. The number of thiazole rings is 1. The minimum atomic E-state index is -3.77. The van der Waals surface area contributed by atoms with E-state index in [1.54, 1.807) is 17.5 Å². The number of aromatic nitrogens is 4. The van der Waals surface area contributed by atoms with Gasteiger partial charge in [-0.1, -0.05) is 59.8 Å². The van der Waals surface area contributed by atoms with Crippen molar-refractivity contribution in [1.29, 1.82) is 0 Å². The number of rotatable bonds is 9. The van der Waals surface area contributed by atoms with Gasteiger partial charge in [0.25, 0.3) is 10.0 Å². The summed E-state index contributed by atoms with van der Waals surface area (Å²) in [6, 6.07) is 23.7. The number of anilines is 2. The van der Waals surface area contributed by atoms with Crippen LogP contribution in [0.4, 0.5) is 10.8 Å². The largest absolute Gasteiger partial charge is 0.325 e. The number of aryl methyl sites for hydroxylation is 1. The Bertz CT molecular complexity index is 1640. The minimum absolute atomic E-state index is 0.0691. The Kier molecular flexibility index (Phi) is 7.54. The van der Waals surface area contributed by atoms with Crippen LogP contribution in [0.2, 0.25) is 0 Å². The molecule has 0 aliphatic rings. The van der Waals surface area contributed by atoms with E-state index >= 15 is 0 Å². The maximum absolute atomic E-state index is 12.7. The number of amides is 1. The predicted molar refractivity (Wildman–Crippen MR) is 150 cm³/mol. The fourth-order valence-electron chi connectivity index (χ4n) is 3.56. The van der Waals surface area contributed by atoms with E-state index in [0.717, 1.165) is 16.8 Å². The van der Waals surface area contributed by atoms with Crippen molar-refractivity contribution in [2.45, 2.75) is 17.0 Å². The number of nitrogens with zero attached hydrogens (tertiary/aromatic N) is 4. The van der Waals surface area contributed by atoms with Crippen LogP contribution in [0.1, 0.15) is 5.56 Å². The van der Waals surface area contributed by atoms with Crippen LogP contribution in [0.15, 0.2) is 100 Å². The van der Waals surface area contributed by atoms with Crippen LogP contribution in [0.3, 0.4) is 0 Å². The lowest BCUT2D eigenvalue weighted by Gasteiger charge is -2.11. The first-order valence-corrected chi connectivity index (χ1v) is 14.8. The second kappa shape index (κ2) is 11.2. The lowest BCUT2D eigenvalue weighted by molar-refractivity contribution is -0.113. The number of hydrogen-bond donors (Lipinski definition) is 2. The van der Waals surface area contributed by atoms with Gasteiger partial charge in [0.1, 0.15) is 0 Å². The highest BCUT2D eigenvalue weighted by molar-refractivity contribution is 7.99. The third kappa shape index (κ3) is 5.93. The van der Waals surface area contributed by atoms with Gasteiger partial charge in [-0.05, 0) is 43.3 Å². The number of nitrogens with one attached hydrogen (secondary N) is 2. The maximum Gasteiger partial charge on any atom is 0.263 e. The Labute approximate surface area is 228 Å². The molecule has 3 aromatic carbocycles. The second-order valence-corrected chi connectivity index (χ2v) is 11.7. The van der Waals surface area contributed by atoms with E-state index in [4.69, 9.17) is 0 Å².